The molecule has 1 spiro atoms. The van der Waals surface area contributed by atoms with Crippen LogP contribution in [-0.4, -0.2) is 46.8 Å². The summed E-state index contributed by atoms with van der Waals surface area (Å²) >= 11 is 0. The topological polar surface area (TPSA) is 71.1 Å². The van der Waals surface area contributed by atoms with E-state index in [0.29, 0.717) is 11.9 Å². The Morgan fingerprint density at radius 1 is 1.20 bits per heavy atom. The predicted molar refractivity (Wildman–Crippen MR) is 77.9 cm³/mol. The molecule has 0 amide bonds. The Morgan fingerprint density at radius 3 is 2.75 bits per heavy atom. The summed E-state index contributed by atoms with van der Waals surface area (Å²) in [6, 6.07) is 0.655. The monoisotopic (exact) mass is 281 g/mol. The maximum Gasteiger partial charge on any atom is 0.156 e. The molecule has 2 unspecified atom stereocenters. The Balaban J connectivity index is 1.72. The third-order valence-electron chi connectivity index (χ3n) is 5.45. The summed E-state index contributed by atoms with van der Waals surface area (Å²) in [5.74, 6) is 0.386. The van der Waals surface area contributed by atoms with E-state index in [1.165, 1.54) is 38.5 Å². The summed E-state index contributed by atoms with van der Waals surface area (Å²) in [7, 11) is 0. The molecule has 0 bridgehead atoms. The minimum atomic E-state index is 0.121. The van der Waals surface area contributed by atoms with Crippen molar-refractivity contribution < 1.29 is 9.94 Å². The summed E-state index contributed by atoms with van der Waals surface area (Å²) in [4.78, 5) is 2.49. The van der Waals surface area contributed by atoms with Gasteiger partial charge in [0.1, 0.15) is 0 Å². The second kappa shape index (κ2) is 5.90. The first-order valence-corrected chi connectivity index (χ1v) is 8.11. The van der Waals surface area contributed by atoms with E-state index >= 15 is 0 Å². The highest BCUT2D eigenvalue weighted by Gasteiger charge is 2.43. The van der Waals surface area contributed by atoms with Gasteiger partial charge in [0, 0.05) is 12.6 Å². The van der Waals surface area contributed by atoms with Crippen LogP contribution in [-0.2, 0) is 4.74 Å². The Labute approximate surface area is 121 Å². The zero-order valence-corrected chi connectivity index (χ0v) is 12.3. The predicted octanol–water partition coefficient (Wildman–Crippen LogP) is 2.08. The Morgan fingerprint density at radius 2 is 2.00 bits per heavy atom. The molecule has 0 aromatic carbocycles. The van der Waals surface area contributed by atoms with E-state index < -0.39 is 0 Å². The first kappa shape index (κ1) is 14.1. The number of ether oxygens (including phenoxy) is 1. The molecule has 5 heteroatoms. The van der Waals surface area contributed by atoms with Crippen LogP contribution in [0.1, 0.15) is 57.8 Å². The van der Waals surface area contributed by atoms with Crippen LogP contribution in [0.5, 0.6) is 0 Å². The van der Waals surface area contributed by atoms with E-state index in [4.69, 9.17) is 15.7 Å². The Bertz CT molecular complexity index is 366. The summed E-state index contributed by atoms with van der Waals surface area (Å²) in [5, 5.41) is 12.3. The molecule has 5 nitrogen and oxygen atoms in total. The van der Waals surface area contributed by atoms with Gasteiger partial charge < -0.3 is 15.7 Å². The van der Waals surface area contributed by atoms with Crippen molar-refractivity contribution in [3.05, 3.63) is 0 Å². The minimum Gasteiger partial charge on any atom is -0.409 e. The number of piperidine rings is 1. The number of nitrogens with two attached hydrogens (primary N) is 1. The normalized spacial score (nSPS) is 35.5. The standard InChI is InChI=1S/C15H27N3O2/c16-14(17-19)13-5-1-4-9-18(13)12-6-10-20-15(11-12)7-2-3-8-15/h12-13,19H,1-11H2,(H2,16,17). The summed E-state index contributed by atoms with van der Waals surface area (Å²) < 4.78 is 6.13. The van der Waals surface area contributed by atoms with Gasteiger partial charge in [-0.1, -0.05) is 24.4 Å². The van der Waals surface area contributed by atoms with Crippen molar-refractivity contribution in [1.82, 2.24) is 4.90 Å². The van der Waals surface area contributed by atoms with Crippen LogP contribution in [0.4, 0.5) is 0 Å². The third-order valence-corrected chi connectivity index (χ3v) is 5.45. The van der Waals surface area contributed by atoms with E-state index in [1.807, 2.05) is 0 Å². The van der Waals surface area contributed by atoms with Crippen LogP contribution in [0, 0.1) is 0 Å². The van der Waals surface area contributed by atoms with Crippen LogP contribution < -0.4 is 5.73 Å². The SMILES string of the molecule is NC(=NO)C1CCCCN1C1CCOC2(CCCC2)C1. The number of rotatable bonds is 2. The van der Waals surface area contributed by atoms with Crippen LogP contribution >= 0.6 is 0 Å². The average Bonchev–Trinajstić information content (AvgIpc) is 2.94. The summed E-state index contributed by atoms with van der Waals surface area (Å²) in [6.45, 7) is 1.94. The fourth-order valence-corrected chi connectivity index (χ4v) is 4.43. The van der Waals surface area contributed by atoms with Gasteiger partial charge in [0.15, 0.2) is 5.84 Å². The molecule has 1 aliphatic carbocycles. The molecular weight excluding hydrogens is 254 g/mol. The maximum absolute atomic E-state index is 9.02. The van der Waals surface area contributed by atoms with Gasteiger partial charge in [-0.2, -0.15) is 0 Å². The summed E-state index contributed by atoms with van der Waals surface area (Å²) in [6.07, 6.45) is 10.6. The highest BCUT2D eigenvalue weighted by atomic mass is 16.5. The lowest BCUT2D eigenvalue weighted by molar-refractivity contribution is -0.106. The number of amidine groups is 1. The Hall–Kier alpha value is -0.810. The first-order chi connectivity index (χ1) is 9.74. The molecule has 2 atom stereocenters. The fourth-order valence-electron chi connectivity index (χ4n) is 4.43. The van der Waals surface area contributed by atoms with Gasteiger partial charge in [0.05, 0.1) is 11.6 Å². The van der Waals surface area contributed by atoms with Crippen molar-refractivity contribution in [1.29, 1.82) is 0 Å². The van der Waals surface area contributed by atoms with Crippen molar-refractivity contribution in [2.75, 3.05) is 13.2 Å². The molecule has 20 heavy (non-hydrogen) atoms. The van der Waals surface area contributed by atoms with Crippen molar-refractivity contribution >= 4 is 5.84 Å². The molecule has 3 N–H and O–H groups in total. The average molecular weight is 281 g/mol. The van der Waals surface area contributed by atoms with Gasteiger partial charge in [-0.3, -0.25) is 4.90 Å². The van der Waals surface area contributed by atoms with E-state index in [9.17, 15) is 0 Å². The second-order valence-electron chi connectivity index (χ2n) is 6.66. The lowest BCUT2D eigenvalue weighted by Crippen LogP contribution is -2.56. The number of oxime groups is 1. The molecule has 3 fully saturated rings. The van der Waals surface area contributed by atoms with Gasteiger partial charge in [-0.25, -0.2) is 0 Å². The molecule has 2 heterocycles. The van der Waals surface area contributed by atoms with E-state index in [2.05, 4.69) is 10.1 Å². The van der Waals surface area contributed by atoms with Crippen LogP contribution in [0.15, 0.2) is 5.16 Å². The quantitative estimate of drug-likeness (QED) is 0.352. The van der Waals surface area contributed by atoms with E-state index in [1.54, 1.807) is 0 Å². The van der Waals surface area contributed by atoms with Gasteiger partial charge in [-0.15, -0.1) is 0 Å². The molecular formula is C15H27N3O2. The molecule has 3 rings (SSSR count). The first-order valence-electron chi connectivity index (χ1n) is 8.11. The van der Waals surface area contributed by atoms with Crippen molar-refractivity contribution in [2.45, 2.75) is 75.5 Å². The molecule has 114 valence electrons. The van der Waals surface area contributed by atoms with Gasteiger partial charge >= 0.3 is 0 Å². The van der Waals surface area contributed by atoms with E-state index in [-0.39, 0.29) is 11.6 Å². The molecule has 0 aromatic rings. The highest BCUT2D eigenvalue weighted by molar-refractivity contribution is 5.85. The summed E-state index contributed by atoms with van der Waals surface area (Å²) in [5.41, 5.74) is 6.05. The molecule has 1 saturated carbocycles. The van der Waals surface area contributed by atoms with Gasteiger partial charge in [0.2, 0.25) is 0 Å². The van der Waals surface area contributed by atoms with Crippen molar-refractivity contribution in [3.8, 4) is 0 Å². The number of hydrogen-bond acceptors (Lipinski definition) is 4. The third kappa shape index (κ3) is 2.66. The van der Waals surface area contributed by atoms with Crippen molar-refractivity contribution in [2.24, 2.45) is 10.9 Å². The zero-order valence-electron chi connectivity index (χ0n) is 12.3. The molecule has 0 aromatic heterocycles. The minimum absolute atomic E-state index is 0.121. The number of likely N-dealkylation sites (tertiary alicyclic amines) is 1. The lowest BCUT2D eigenvalue weighted by Gasteiger charge is -2.47. The zero-order chi connectivity index (χ0) is 14.0. The van der Waals surface area contributed by atoms with Gasteiger partial charge in [0.25, 0.3) is 0 Å². The molecule has 2 aliphatic heterocycles. The second-order valence-corrected chi connectivity index (χ2v) is 6.66. The largest absolute Gasteiger partial charge is 0.409 e. The molecule has 2 saturated heterocycles. The molecule has 3 aliphatic rings. The van der Waals surface area contributed by atoms with E-state index in [0.717, 1.165) is 32.4 Å². The van der Waals surface area contributed by atoms with Crippen LogP contribution in [0.2, 0.25) is 0 Å². The lowest BCUT2D eigenvalue weighted by atomic mass is 9.86. The van der Waals surface area contributed by atoms with Gasteiger partial charge in [-0.05, 0) is 45.1 Å². The number of nitrogens with zero attached hydrogens (tertiary/aromatic N) is 2. The fraction of sp³-hybridized carbons (Fsp3) is 0.933. The maximum atomic E-state index is 9.02. The molecule has 0 radical (unpaired) electrons. The highest BCUT2D eigenvalue weighted by Crippen LogP contribution is 2.42. The smallest absolute Gasteiger partial charge is 0.156 e. The Kier molecular flexibility index (Phi) is 4.17. The van der Waals surface area contributed by atoms with Crippen LogP contribution in [0.3, 0.4) is 0 Å². The van der Waals surface area contributed by atoms with Crippen LogP contribution in [0.25, 0.3) is 0 Å². The van der Waals surface area contributed by atoms with Crippen molar-refractivity contribution in [3.63, 3.8) is 0 Å². The number of hydrogen-bond donors (Lipinski definition) is 2.